The molecule has 1 aromatic heterocycles. The third kappa shape index (κ3) is 2.82. The van der Waals surface area contributed by atoms with E-state index in [0.29, 0.717) is 23.5 Å². The molecule has 0 saturated heterocycles. The third-order valence-corrected chi connectivity index (χ3v) is 2.47. The van der Waals surface area contributed by atoms with Gasteiger partial charge in [0.25, 0.3) is 5.91 Å². The van der Waals surface area contributed by atoms with Gasteiger partial charge in [0.15, 0.2) is 0 Å². The topological polar surface area (TPSA) is 54.9 Å². The average Bonchev–Trinajstić information content (AvgIpc) is 2.59. The van der Waals surface area contributed by atoms with Crippen LogP contribution in [0.1, 0.15) is 28.2 Å². The number of unbranched alkanes of at least 4 members (excludes halogenated alkanes) is 1. The van der Waals surface area contributed by atoms with Crippen molar-refractivity contribution in [1.29, 1.82) is 0 Å². The Balaban J connectivity index is 2.37. The molecule has 0 radical (unpaired) electrons. The van der Waals surface area contributed by atoms with Crippen LogP contribution in [-0.4, -0.2) is 22.0 Å². The maximum atomic E-state index is 11.5. The van der Waals surface area contributed by atoms with Crippen LogP contribution >= 0.6 is 11.5 Å². The summed E-state index contributed by atoms with van der Waals surface area (Å²) >= 11 is 1.11. The van der Waals surface area contributed by atoms with Gasteiger partial charge in [0.05, 0.1) is 5.69 Å². The van der Waals surface area contributed by atoms with Crippen LogP contribution in [0.4, 0.5) is 0 Å². The molecule has 1 aromatic rings. The van der Waals surface area contributed by atoms with Crippen molar-refractivity contribution >= 4 is 17.4 Å². The number of aryl methyl sites for hydroxylation is 1. The van der Waals surface area contributed by atoms with Crippen LogP contribution in [0.3, 0.4) is 0 Å². The van der Waals surface area contributed by atoms with Crippen LogP contribution in [0.2, 0.25) is 0 Å². The smallest absolute Gasteiger partial charge is 0.264 e. The molecule has 0 fully saturated rings. The van der Waals surface area contributed by atoms with E-state index in [1.54, 1.807) is 6.92 Å². The normalized spacial score (nSPS) is 9.43. The van der Waals surface area contributed by atoms with Gasteiger partial charge in [-0.1, -0.05) is 4.49 Å². The van der Waals surface area contributed by atoms with Gasteiger partial charge in [0.1, 0.15) is 4.88 Å². The summed E-state index contributed by atoms with van der Waals surface area (Å²) in [6, 6.07) is 0. The highest BCUT2D eigenvalue weighted by atomic mass is 32.1. The van der Waals surface area contributed by atoms with E-state index in [4.69, 9.17) is 6.42 Å². The summed E-state index contributed by atoms with van der Waals surface area (Å²) in [4.78, 5) is 12.0. The van der Waals surface area contributed by atoms with E-state index in [9.17, 15) is 4.79 Å². The first-order valence-corrected chi connectivity index (χ1v) is 5.03. The second-order valence-corrected chi connectivity index (χ2v) is 3.51. The predicted molar refractivity (Wildman–Crippen MR) is 55.0 cm³/mol. The minimum atomic E-state index is -0.116. The Kier molecular flexibility index (Phi) is 4.08. The molecule has 0 aliphatic heterocycles. The van der Waals surface area contributed by atoms with E-state index < -0.39 is 0 Å². The number of amides is 1. The summed E-state index contributed by atoms with van der Waals surface area (Å²) in [6.07, 6.45) is 6.56. The van der Waals surface area contributed by atoms with E-state index in [0.717, 1.165) is 18.0 Å². The summed E-state index contributed by atoms with van der Waals surface area (Å²) in [7, 11) is 0. The third-order valence-electron chi connectivity index (χ3n) is 1.64. The zero-order valence-corrected chi connectivity index (χ0v) is 8.73. The molecule has 0 saturated carbocycles. The molecular weight excluding hydrogens is 198 g/mol. The minimum Gasteiger partial charge on any atom is -0.351 e. The van der Waals surface area contributed by atoms with Crippen LogP contribution in [0.25, 0.3) is 0 Å². The molecule has 1 rings (SSSR count). The van der Waals surface area contributed by atoms with Crippen LogP contribution in [0.5, 0.6) is 0 Å². The number of carbonyl (C=O) groups excluding carboxylic acids is 1. The predicted octanol–water partition coefficient (Wildman–Crippen LogP) is 0.990. The van der Waals surface area contributed by atoms with Crippen molar-refractivity contribution < 1.29 is 4.79 Å². The van der Waals surface area contributed by atoms with E-state index in [1.165, 1.54) is 0 Å². The second kappa shape index (κ2) is 5.35. The Morgan fingerprint density at radius 2 is 2.50 bits per heavy atom. The second-order valence-electron chi connectivity index (χ2n) is 2.75. The van der Waals surface area contributed by atoms with Gasteiger partial charge in [-0.2, -0.15) is 0 Å². The SMILES string of the molecule is C#CCCCNC(=O)c1snnc1C. The summed E-state index contributed by atoms with van der Waals surface area (Å²) in [5.41, 5.74) is 0.671. The van der Waals surface area contributed by atoms with E-state index in [1.807, 2.05) is 0 Å². The fraction of sp³-hybridized carbons (Fsp3) is 0.444. The van der Waals surface area contributed by atoms with Gasteiger partial charge in [-0.25, -0.2) is 0 Å². The highest BCUT2D eigenvalue weighted by Gasteiger charge is 2.11. The molecule has 0 atom stereocenters. The van der Waals surface area contributed by atoms with Crippen LogP contribution < -0.4 is 5.32 Å². The van der Waals surface area contributed by atoms with Gasteiger partial charge >= 0.3 is 0 Å². The highest BCUT2D eigenvalue weighted by Crippen LogP contribution is 2.08. The van der Waals surface area contributed by atoms with Crippen molar-refractivity contribution in [2.45, 2.75) is 19.8 Å². The van der Waals surface area contributed by atoms with Crippen molar-refractivity contribution in [3.63, 3.8) is 0 Å². The lowest BCUT2D eigenvalue weighted by Gasteiger charge is -2.00. The Morgan fingerprint density at radius 1 is 1.71 bits per heavy atom. The number of terminal acetylenes is 1. The fourth-order valence-electron chi connectivity index (χ4n) is 0.912. The van der Waals surface area contributed by atoms with Crippen molar-refractivity contribution in [3.05, 3.63) is 10.6 Å². The molecule has 5 heteroatoms. The number of hydrogen-bond acceptors (Lipinski definition) is 4. The zero-order chi connectivity index (χ0) is 10.4. The van der Waals surface area contributed by atoms with Crippen LogP contribution in [-0.2, 0) is 0 Å². The molecule has 0 bridgehead atoms. The van der Waals surface area contributed by atoms with Gasteiger partial charge in [0.2, 0.25) is 0 Å². The molecule has 0 unspecified atom stereocenters. The number of carbonyl (C=O) groups is 1. The average molecular weight is 209 g/mol. The standard InChI is InChI=1S/C9H11N3OS/c1-3-4-5-6-10-9(13)8-7(2)11-12-14-8/h1H,4-6H2,2H3,(H,10,13). The van der Waals surface area contributed by atoms with Crippen LogP contribution in [0.15, 0.2) is 0 Å². The van der Waals surface area contributed by atoms with Gasteiger partial charge in [0, 0.05) is 13.0 Å². The quantitative estimate of drug-likeness (QED) is 0.594. The van der Waals surface area contributed by atoms with Crippen LogP contribution in [0, 0.1) is 19.3 Å². The summed E-state index contributed by atoms with van der Waals surface area (Å²) < 4.78 is 3.69. The Labute approximate surface area is 86.9 Å². The number of aromatic nitrogens is 2. The lowest BCUT2D eigenvalue weighted by molar-refractivity contribution is 0.0956. The fourth-order valence-corrected chi connectivity index (χ4v) is 1.49. The molecule has 1 amide bonds. The molecule has 1 heterocycles. The molecule has 1 N–H and O–H groups in total. The van der Waals surface area contributed by atoms with Gasteiger partial charge in [-0.05, 0) is 24.9 Å². The number of hydrogen-bond donors (Lipinski definition) is 1. The van der Waals surface area contributed by atoms with Gasteiger partial charge < -0.3 is 5.32 Å². The van der Waals surface area contributed by atoms with Crippen molar-refractivity contribution in [2.75, 3.05) is 6.54 Å². The first kappa shape index (κ1) is 10.7. The lowest BCUT2D eigenvalue weighted by Crippen LogP contribution is -2.24. The highest BCUT2D eigenvalue weighted by molar-refractivity contribution is 7.07. The summed E-state index contributed by atoms with van der Waals surface area (Å²) in [6.45, 7) is 2.36. The molecular formula is C9H11N3OS. The largest absolute Gasteiger partial charge is 0.351 e. The maximum Gasteiger partial charge on any atom is 0.264 e. The molecule has 0 aromatic carbocycles. The first-order chi connectivity index (χ1) is 6.75. The maximum absolute atomic E-state index is 11.5. The van der Waals surface area contributed by atoms with E-state index in [2.05, 4.69) is 20.8 Å². The van der Waals surface area contributed by atoms with Gasteiger partial charge in [-0.15, -0.1) is 17.4 Å². The molecule has 4 nitrogen and oxygen atoms in total. The molecule has 74 valence electrons. The summed E-state index contributed by atoms with van der Waals surface area (Å²) in [5, 5.41) is 6.51. The van der Waals surface area contributed by atoms with Gasteiger partial charge in [-0.3, -0.25) is 4.79 Å². The number of rotatable bonds is 4. The van der Waals surface area contributed by atoms with Crippen molar-refractivity contribution in [1.82, 2.24) is 14.9 Å². The summed E-state index contributed by atoms with van der Waals surface area (Å²) in [5.74, 6) is 2.40. The van der Waals surface area contributed by atoms with Crippen molar-refractivity contribution in [2.24, 2.45) is 0 Å². The Morgan fingerprint density at radius 3 is 3.07 bits per heavy atom. The molecule has 14 heavy (non-hydrogen) atoms. The number of nitrogens with one attached hydrogen (secondary N) is 1. The lowest BCUT2D eigenvalue weighted by atomic mass is 10.3. The Bertz CT molecular complexity index is 353. The number of nitrogens with zero attached hydrogens (tertiary/aromatic N) is 2. The monoisotopic (exact) mass is 209 g/mol. The van der Waals surface area contributed by atoms with Crippen molar-refractivity contribution in [3.8, 4) is 12.3 Å². The van der Waals surface area contributed by atoms with E-state index in [-0.39, 0.29) is 5.91 Å². The zero-order valence-electron chi connectivity index (χ0n) is 7.91. The molecule has 0 aliphatic carbocycles. The molecule has 0 spiro atoms. The van der Waals surface area contributed by atoms with E-state index >= 15 is 0 Å². The first-order valence-electron chi connectivity index (χ1n) is 4.26. The minimum absolute atomic E-state index is 0.116. The molecule has 0 aliphatic rings. The Hall–Kier alpha value is -1.41.